The summed E-state index contributed by atoms with van der Waals surface area (Å²) in [7, 11) is 0. The van der Waals surface area contributed by atoms with Crippen LogP contribution < -0.4 is 0 Å². The Kier molecular flexibility index (Phi) is 4.70. The van der Waals surface area contributed by atoms with Gasteiger partial charge < -0.3 is 20.1 Å². The summed E-state index contributed by atoms with van der Waals surface area (Å²) < 4.78 is 4.11. The molecule has 0 aromatic rings. The van der Waals surface area contributed by atoms with Crippen molar-refractivity contribution < 1.29 is 24.9 Å². The lowest BCUT2D eigenvalue weighted by molar-refractivity contribution is -0.436. The second-order valence-electron chi connectivity index (χ2n) is 4.70. The minimum Gasteiger partial charge on any atom is -0.384 e. The lowest BCUT2D eigenvalue weighted by Gasteiger charge is -2.29. The molecule has 0 amide bonds. The SMILES string of the molecule is CCCC(C(=O)OC(O)(O)O)C(C)(C)C. The molecule has 0 aliphatic heterocycles. The second kappa shape index (κ2) is 4.92. The van der Waals surface area contributed by atoms with E-state index in [2.05, 4.69) is 4.74 Å². The third-order valence-electron chi connectivity index (χ3n) is 2.14. The molecule has 0 saturated heterocycles. The van der Waals surface area contributed by atoms with Crippen LogP contribution in [0.5, 0.6) is 0 Å². The maximum atomic E-state index is 11.5. The molecule has 0 bridgehead atoms. The van der Waals surface area contributed by atoms with E-state index in [-0.39, 0.29) is 5.41 Å². The van der Waals surface area contributed by atoms with Crippen molar-refractivity contribution in [3.8, 4) is 0 Å². The Labute approximate surface area is 89.7 Å². The number of aliphatic hydroxyl groups is 3. The first kappa shape index (κ1) is 14.3. The van der Waals surface area contributed by atoms with E-state index in [0.717, 1.165) is 6.42 Å². The first-order chi connectivity index (χ1) is 6.58. The summed E-state index contributed by atoms with van der Waals surface area (Å²) in [6.07, 6.45) is -2.04. The Morgan fingerprint density at radius 1 is 1.27 bits per heavy atom. The van der Waals surface area contributed by atoms with Gasteiger partial charge in [0, 0.05) is 0 Å². The van der Waals surface area contributed by atoms with Gasteiger partial charge in [-0.3, -0.25) is 4.79 Å². The lowest BCUT2D eigenvalue weighted by atomic mass is 9.78. The van der Waals surface area contributed by atoms with Crippen LogP contribution in [0.3, 0.4) is 0 Å². The van der Waals surface area contributed by atoms with Crippen LogP contribution in [0.15, 0.2) is 0 Å². The second-order valence-corrected chi connectivity index (χ2v) is 4.70. The molecular formula is C10H20O5. The third kappa shape index (κ3) is 5.71. The zero-order valence-electron chi connectivity index (χ0n) is 9.65. The van der Waals surface area contributed by atoms with E-state index in [9.17, 15) is 4.79 Å². The van der Waals surface area contributed by atoms with Gasteiger partial charge in [0.1, 0.15) is 0 Å². The van der Waals surface area contributed by atoms with Gasteiger partial charge in [0.25, 0.3) is 0 Å². The van der Waals surface area contributed by atoms with Gasteiger partial charge in [-0.15, -0.1) is 0 Å². The predicted molar refractivity (Wildman–Crippen MR) is 53.3 cm³/mol. The van der Waals surface area contributed by atoms with Crippen molar-refractivity contribution in [2.24, 2.45) is 11.3 Å². The standard InChI is InChI=1S/C10H20O5/c1-5-6-7(9(2,3)4)8(11)15-10(12,13)14/h7,12-14H,5-6H2,1-4H3. The van der Waals surface area contributed by atoms with Crippen LogP contribution in [0, 0.1) is 11.3 Å². The minimum atomic E-state index is -3.38. The van der Waals surface area contributed by atoms with Crippen LogP contribution in [0.1, 0.15) is 40.5 Å². The van der Waals surface area contributed by atoms with Gasteiger partial charge in [-0.25, -0.2) is 0 Å². The number of hydrogen-bond acceptors (Lipinski definition) is 5. The summed E-state index contributed by atoms with van der Waals surface area (Å²) in [5, 5.41) is 25.6. The molecule has 5 heteroatoms. The van der Waals surface area contributed by atoms with Gasteiger partial charge in [-0.1, -0.05) is 34.1 Å². The number of hydrogen-bond donors (Lipinski definition) is 3. The van der Waals surface area contributed by atoms with E-state index < -0.39 is 18.0 Å². The highest BCUT2D eigenvalue weighted by atomic mass is 16.9. The van der Waals surface area contributed by atoms with Crippen molar-refractivity contribution in [3.05, 3.63) is 0 Å². The molecule has 0 aliphatic carbocycles. The maximum Gasteiger partial charge on any atom is 0.455 e. The summed E-state index contributed by atoms with van der Waals surface area (Å²) >= 11 is 0. The fourth-order valence-electron chi connectivity index (χ4n) is 1.40. The highest BCUT2D eigenvalue weighted by Crippen LogP contribution is 2.31. The molecule has 0 aromatic heterocycles. The van der Waals surface area contributed by atoms with E-state index >= 15 is 0 Å². The van der Waals surface area contributed by atoms with E-state index in [1.165, 1.54) is 0 Å². The van der Waals surface area contributed by atoms with Crippen LogP contribution in [0.2, 0.25) is 0 Å². The maximum absolute atomic E-state index is 11.5. The first-order valence-electron chi connectivity index (χ1n) is 4.98. The van der Waals surface area contributed by atoms with Crippen LogP contribution in [0.25, 0.3) is 0 Å². The molecule has 90 valence electrons. The molecule has 0 radical (unpaired) electrons. The van der Waals surface area contributed by atoms with Crippen molar-refractivity contribution in [1.29, 1.82) is 0 Å². The van der Waals surface area contributed by atoms with Crippen LogP contribution in [0.4, 0.5) is 0 Å². The molecule has 0 aromatic carbocycles. The molecule has 0 heterocycles. The van der Waals surface area contributed by atoms with Crippen molar-refractivity contribution in [2.75, 3.05) is 0 Å². The molecule has 15 heavy (non-hydrogen) atoms. The number of carbonyl (C=O) groups is 1. The largest absolute Gasteiger partial charge is 0.455 e. The van der Waals surface area contributed by atoms with Gasteiger partial charge in [-0.2, -0.15) is 0 Å². The fraction of sp³-hybridized carbons (Fsp3) is 0.900. The van der Waals surface area contributed by atoms with Gasteiger partial charge >= 0.3 is 12.1 Å². The zero-order valence-corrected chi connectivity index (χ0v) is 9.65. The smallest absolute Gasteiger partial charge is 0.384 e. The number of rotatable bonds is 4. The quantitative estimate of drug-likeness (QED) is 0.476. The minimum absolute atomic E-state index is 0.349. The number of esters is 1. The first-order valence-corrected chi connectivity index (χ1v) is 4.98. The van der Waals surface area contributed by atoms with E-state index in [1.807, 2.05) is 27.7 Å². The van der Waals surface area contributed by atoms with Gasteiger partial charge in [-0.05, 0) is 11.8 Å². The average molecular weight is 220 g/mol. The van der Waals surface area contributed by atoms with Gasteiger partial charge in [0.05, 0.1) is 5.92 Å². The molecule has 3 N–H and O–H groups in total. The van der Waals surface area contributed by atoms with Crippen molar-refractivity contribution in [1.82, 2.24) is 0 Å². The Morgan fingerprint density at radius 2 is 1.73 bits per heavy atom. The summed E-state index contributed by atoms with van der Waals surface area (Å²) in [6, 6.07) is 0. The molecule has 0 saturated carbocycles. The topological polar surface area (TPSA) is 87.0 Å². The summed E-state index contributed by atoms with van der Waals surface area (Å²) in [5.74, 6) is -1.29. The number of ether oxygens (including phenoxy) is 1. The van der Waals surface area contributed by atoms with Crippen LogP contribution >= 0.6 is 0 Å². The lowest BCUT2D eigenvalue weighted by Crippen LogP contribution is -2.39. The van der Waals surface area contributed by atoms with Gasteiger partial charge in [0.15, 0.2) is 0 Å². The molecule has 5 nitrogen and oxygen atoms in total. The van der Waals surface area contributed by atoms with Crippen LogP contribution in [-0.2, 0) is 9.53 Å². The van der Waals surface area contributed by atoms with Crippen molar-refractivity contribution in [3.63, 3.8) is 0 Å². The van der Waals surface area contributed by atoms with Crippen molar-refractivity contribution in [2.45, 2.75) is 46.7 Å². The molecule has 0 spiro atoms. The monoisotopic (exact) mass is 220 g/mol. The highest BCUT2D eigenvalue weighted by molar-refractivity contribution is 5.73. The average Bonchev–Trinajstić information content (AvgIpc) is 1.93. The van der Waals surface area contributed by atoms with Crippen LogP contribution in [-0.4, -0.2) is 27.4 Å². The Hall–Kier alpha value is -0.650. The predicted octanol–water partition coefficient (Wildman–Crippen LogP) is 0.580. The molecule has 0 aliphatic rings. The fourth-order valence-corrected chi connectivity index (χ4v) is 1.40. The Bertz CT molecular complexity index is 211. The zero-order chi connectivity index (χ0) is 12.3. The highest BCUT2D eigenvalue weighted by Gasteiger charge is 2.36. The summed E-state index contributed by atoms with van der Waals surface area (Å²) in [4.78, 5) is 11.5. The Morgan fingerprint density at radius 3 is 2.00 bits per heavy atom. The van der Waals surface area contributed by atoms with E-state index in [0.29, 0.717) is 6.42 Å². The Balaban J connectivity index is 4.58. The van der Waals surface area contributed by atoms with E-state index in [1.54, 1.807) is 0 Å². The van der Waals surface area contributed by atoms with Crippen molar-refractivity contribution >= 4 is 5.97 Å². The molecule has 1 unspecified atom stereocenters. The molecule has 1 atom stereocenters. The summed E-state index contributed by atoms with van der Waals surface area (Å²) in [5.41, 5.74) is -0.349. The van der Waals surface area contributed by atoms with Gasteiger partial charge in [0.2, 0.25) is 0 Å². The molecule has 0 fully saturated rings. The van der Waals surface area contributed by atoms with E-state index in [4.69, 9.17) is 15.3 Å². The third-order valence-corrected chi connectivity index (χ3v) is 2.14. The number of carbonyl (C=O) groups excluding carboxylic acids is 1. The summed E-state index contributed by atoms with van der Waals surface area (Å²) in [6.45, 7) is 7.46. The molecule has 0 rings (SSSR count). The molecular weight excluding hydrogens is 200 g/mol. The normalized spacial score (nSPS) is 14.9.